The van der Waals surface area contributed by atoms with Crippen LogP contribution in [0.3, 0.4) is 0 Å². The summed E-state index contributed by atoms with van der Waals surface area (Å²) < 4.78 is 11.3. The predicted molar refractivity (Wildman–Crippen MR) is 190 cm³/mol. The number of nitrogens with one attached hydrogen (secondary N) is 1. The van der Waals surface area contributed by atoms with Crippen molar-refractivity contribution >= 4 is 40.7 Å². The molecule has 0 aliphatic carbocycles. The van der Waals surface area contributed by atoms with Crippen molar-refractivity contribution < 1.29 is 24.5 Å². The first kappa shape index (κ1) is 36.3. The summed E-state index contributed by atoms with van der Waals surface area (Å²) >= 11 is 17.2. The normalized spacial score (nSPS) is 21.1. The number of amides is 1. The van der Waals surface area contributed by atoms with Gasteiger partial charge in [0, 0.05) is 30.6 Å². The minimum absolute atomic E-state index is 0.0150. The van der Waals surface area contributed by atoms with Gasteiger partial charge < -0.3 is 25.0 Å². The standard InChI is InChI=1S/C38H41Cl3N2O5/c1-24-33(22-43(3)25(2)34(45)28-9-5-4-6-10-28)47-36(48-35(24)29-15-13-26(23-44)14-16-29)30-19-17-27(18-20-30)32-12-8-7-11-31(32)21-42-37(46)38(39,40)41/h4-20,24-25,33-36,44-45H,21-23H2,1-3H3,(H,42,46). The highest BCUT2D eigenvalue weighted by Gasteiger charge is 2.39. The lowest BCUT2D eigenvalue weighted by Gasteiger charge is -2.43. The van der Waals surface area contributed by atoms with Gasteiger partial charge in [-0.25, -0.2) is 0 Å². The van der Waals surface area contributed by atoms with Gasteiger partial charge in [-0.15, -0.1) is 0 Å². The molecule has 3 N–H and O–H groups in total. The van der Waals surface area contributed by atoms with Crippen molar-refractivity contribution in [2.75, 3.05) is 13.6 Å². The molecule has 1 saturated heterocycles. The van der Waals surface area contributed by atoms with Crippen LogP contribution < -0.4 is 5.32 Å². The highest BCUT2D eigenvalue weighted by Crippen LogP contribution is 2.42. The quantitative estimate of drug-likeness (QED) is 0.138. The topological polar surface area (TPSA) is 91.3 Å². The van der Waals surface area contributed by atoms with Crippen LogP contribution in [0.5, 0.6) is 0 Å². The van der Waals surface area contributed by atoms with Crippen molar-refractivity contribution in [1.29, 1.82) is 0 Å². The molecule has 1 aliphatic rings. The number of hydrogen-bond acceptors (Lipinski definition) is 6. The molecule has 254 valence electrons. The number of alkyl halides is 3. The van der Waals surface area contributed by atoms with Crippen molar-refractivity contribution in [3.8, 4) is 11.1 Å². The number of carbonyl (C=O) groups excluding carboxylic acids is 1. The van der Waals surface area contributed by atoms with E-state index in [1.54, 1.807) is 0 Å². The van der Waals surface area contributed by atoms with E-state index < -0.39 is 22.1 Å². The average Bonchev–Trinajstić information content (AvgIpc) is 3.11. The van der Waals surface area contributed by atoms with Gasteiger partial charge >= 0.3 is 0 Å². The molecule has 0 saturated carbocycles. The Kier molecular flexibility index (Phi) is 12.2. The molecule has 4 aromatic rings. The lowest BCUT2D eigenvalue weighted by atomic mass is 9.89. The van der Waals surface area contributed by atoms with Gasteiger partial charge in [-0.3, -0.25) is 9.69 Å². The van der Waals surface area contributed by atoms with Gasteiger partial charge in [0.2, 0.25) is 0 Å². The summed E-state index contributed by atoms with van der Waals surface area (Å²) in [6.45, 7) is 4.88. The zero-order valence-corrected chi connectivity index (χ0v) is 29.4. The number of benzene rings is 4. The first-order chi connectivity index (χ1) is 23.0. The Balaban J connectivity index is 1.38. The molecule has 4 aromatic carbocycles. The first-order valence-corrected chi connectivity index (χ1v) is 17.1. The average molecular weight is 712 g/mol. The SMILES string of the molecule is CC1C(CN(C)C(C)C(O)c2ccccc2)OC(c2ccc(-c3ccccc3CNC(=O)C(Cl)(Cl)Cl)cc2)OC1c1ccc(CO)cc1. The zero-order valence-electron chi connectivity index (χ0n) is 27.1. The van der Waals surface area contributed by atoms with Crippen LogP contribution in [-0.2, 0) is 27.4 Å². The number of hydrogen-bond donors (Lipinski definition) is 3. The highest BCUT2D eigenvalue weighted by molar-refractivity contribution is 6.76. The van der Waals surface area contributed by atoms with E-state index in [1.165, 1.54) is 0 Å². The molecule has 10 heteroatoms. The Morgan fingerprint density at radius 2 is 1.52 bits per heavy atom. The van der Waals surface area contributed by atoms with Crippen molar-refractivity contribution in [3.05, 3.63) is 131 Å². The third-order valence-corrected chi connectivity index (χ3v) is 9.61. The van der Waals surface area contributed by atoms with Crippen LogP contribution in [-0.4, -0.2) is 50.6 Å². The Labute approximate surface area is 297 Å². The lowest BCUT2D eigenvalue weighted by Crippen LogP contribution is -2.46. The number of aliphatic hydroxyl groups is 2. The maximum Gasteiger partial charge on any atom is 0.272 e. The monoisotopic (exact) mass is 710 g/mol. The smallest absolute Gasteiger partial charge is 0.272 e. The molecule has 1 amide bonds. The summed E-state index contributed by atoms with van der Waals surface area (Å²) in [4.78, 5) is 14.3. The van der Waals surface area contributed by atoms with E-state index in [9.17, 15) is 15.0 Å². The fraction of sp³-hybridized carbons (Fsp3) is 0.342. The summed E-state index contributed by atoms with van der Waals surface area (Å²) in [5.74, 6) is -0.706. The van der Waals surface area contributed by atoms with Crippen molar-refractivity contribution in [3.63, 3.8) is 0 Å². The Bertz CT molecular complexity index is 1630. The Morgan fingerprint density at radius 1 is 0.896 bits per heavy atom. The van der Waals surface area contributed by atoms with E-state index in [0.29, 0.717) is 6.54 Å². The van der Waals surface area contributed by atoms with Crippen LogP contribution in [0, 0.1) is 5.92 Å². The third kappa shape index (κ3) is 8.78. The van der Waals surface area contributed by atoms with Crippen LogP contribution in [0.1, 0.15) is 60.2 Å². The van der Waals surface area contributed by atoms with Crippen LogP contribution in [0.2, 0.25) is 0 Å². The van der Waals surface area contributed by atoms with Crippen LogP contribution in [0.15, 0.2) is 103 Å². The van der Waals surface area contributed by atoms with Gasteiger partial charge in [-0.1, -0.05) is 145 Å². The molecule has 1 heterocycles. The van der Waals surface area contributed by atoms with Gasteiger partial charge in [0.25, 0.3) is 9.70 Å². The molecule has 0 bridgehead atoms. The van der Waals surface area contributed by atoms with Crippen LogP contribution in [0.25, 0.3) is 11.1 Å². The Morgan fingerprint density at radius 3 is 2.17 bits per heavy atom. The first-order valence-electron chi connectivity index (χ1n) is 15.9. The molecule has 1 aliphatic heterocycles. The molecule has 48 heavy (non-hydrogen) atoms. The molecule has 1 fully saturated rings. The highest BCUT2D eigenvalue weighted by atomic mass is 35.6. The van der Waals surface area contributed by atoms with Gasteiger partial charge in [0.05, 0.1) is 24.9 Å². The van der Waals surface area contributed by atoms with Crippen molar-refractivity contribution in [2.45, 2.75) is 61.4 Å². The zero-order chi connectivity index (χ0) is 34.4. The van der Waals surface area contributed by atoms with Crippen molar-refractivity contribution in [2.24, 2.45) is 5.92 Å². The second kappa shape index (κ2) is 16.2. The van der Waals surface area contributed by atoms with Crippen LogP contribution in [0.4, 0.5) is 0 Å². The number of rotatable bonds is 11. The molecule has 6 atom stereocenters. The number of ether oxygens (including phenoxy) is 2. The van der Waals surface area contributed by atoms with E-state index in [1.807, 2.05) is 117 Å². The fourth-order valence-corrected chi connectivity index (χ4v) is 6.20. The minimum Gasteiger partial charge on any atom is -0.392 e. The van der Waals surface area contributed by atoms with E-state index in [2.05, 4.69) is 17.1 Å². The molecule has 0 spiro atoms. The summed E-state index contributed by atoms with van der Waals surface area (Å²) in [5.41, 5.74) is 6.30. The maximum atomic E-state index is 12.2. The number of nitrogens with zero attached hydrogens (tertiary/aromatic N) is 1. The predicted octanol–water partition coefficient (Wildman–Crippen LogP) is 7.68. The summed E-state index contributed by atoms with van der Waals surface area (Å²) in [5, 5.41) is 23.4. The summed E-state index contributed by atoms with van der Waals surface area (Å²) in [6, 6.07) is 33.0. The third-order valence-electron chi connectivity index (χ3n) is 9.09. The lowest BCUT2D eigenvalue weighted by molar-refractivity contribution is -0.276. The van der Waals surface area contributed by atoms with Crippen molar-refractivity contribution in [1.82, 2.24) is 10.2 Å². The van der Waals surface area contributed by atoms with E-state index >= 15 is 0 Å². The molecular weight excluding hydrogens is 671 g/mol. The van der Waals surface area contributed by atoms with Crippen LogP contribution >= 0.6 is 34.8 Å². The minimum atomic E-state index is -2.04. The molecule has 5 rings (SSSR count). The van der Waals surface area contributed by atoms with Gasteiger partial charge in [-0.2, -0.15) is 0 Å². The molecule has 6 unspecified atom stereocenters. The van der Waals surface area contributed by atoms with E-state index in [4.69, 9.17) is 44.3 Å². The van der Waals surface area contributed by atoms with E-state index in [-0.39, 0.29) is 37.3 Å². The van der Waals surface area contributed by atoms with Gasteiger partial charge in [-0.05, 0) is 47.4 Å². The number of carbonyl (C=O) groups is 1. The number of likely N-dealkylation sites (N-methyl/N-ethyl adjacent to an activating group) is 1. The molecular formula is C38H41Cl3N2O5. The Hall–Kier alpha value is -2.98. The van der Waals surface area contributed by atoms with Gasteiger partial charge in [0.1, 0.15) is 0 Å². The molecule has 0 aromatic heterocycles. The largest absolute Gasteiger partial charge is 0.392 e. The number of aliphatic hydroxyl groups excluding tert-OH is 2. The fourth-order valence-electron chi connectivity index (χ4n) is 6.00. The number of halogens is 3. The summed E-state index contributed by atoms with van der Waals surface area (Å²) in [6.07, 6.45) is -1.80. The van der Waals surface area contributed by atoms with E-state index in [0.717, 1.165) is 38.9 Å². The molecule has 7 nitrogen and oxygen atoms in total. The summed E-state index contributed by atoms with van der Waals surface area (Å²) in [7, 11) is 2.00. The maximum absolute atomic E-state index is 12.2. The second-order valence-corrected chi connectivity index (χ2v) is 14.6. The molecule has 0 radical (unpaired) electrons. The second-order valence-electron chi connectivity index (χ2n) is 12.3. The van der Waals surface area contributed by atoms with Gasteiger partial charge in [0.15, 0.2) is 6.29 Å².